The van der Waals surface area contributed by atoms with Crippen molar-refractivity contribution in [3.8, 4) is 0 Å². The number of amides is 1. The van der Waals surface area contributed by atoms with Gasteiger partial charge in [-0.2, -0.15) is 0 Å². The Balaban J connectivity index is 1.34. The van der Waals surface area contributed by atoms with E-state index < -0.39 is 0 Å². The van der Waals surface area contributed by atoms with Crippen LogP contribution in [0.25, 0.3) is 0 Å². The molecule has 1 amide bonds. The molecule has 1 aliphatic heterocycles. The fraction of sp³-hybridized carbons (Fsp3) is 0.412. The van der Waals surface area contributed by atoms with E-state index in [0.717, 1.165) is 55.1 Å². The monoisotopic (exact) mass is 402 g/mol. The van der Waals surface area contributed by atoms with Crippen LogP contribution in [-0.4, -0.2) is 47.0 Å². The topological polar surface area (TPSA) is 74.2 Å². The van der Waals surface area contributed by atoms with E-state index in [1.807, 2.05) is 18.3 Å². The number of carbonyl (C=O) groups is 1. The lowest BCUT2D eigenvalue weighted by Crippen LogP contribution is -2.47. The normalized spacial score (nSPS) is 17.5. The van der Waals surface area contributed by atoms with E-state index in [2.05, 4.69) is 46.0 Å². The molecule has 1 N–H and O–H groups in total. The summed E-state index contributed by atoms with van der Waals surface area (Å²) in [5.74, 6) is 1.67. The quantitative estimate of drug-likeness (QED) is 0.845. The van der Waals surface area contributed by atoms with Crippen molar-refractivity contribution in [2.75, 3.05) is 41.3 Å². The second kappa shape index (κ2) is 6.95. The highest BCUT2D eigenvalue weighted by atomic mass is 79.9. The van der Waals surface area contributed by atoms with Gasteiger partial charge in [-0.25, -0.2) is 15.0 Å². The third-order valence-corrected chi connectivity index (χ3v) is 4.89. The Morgan fingerprint density at radius 1 is 1.00 bits per heavy atom. The van der Waals surface area contributed by atoms with E-state index in [9.17, 15) is 4.79 Å². The number of hydrogen-bond donors (Lipinski definition) is 1. The van der Waals surface area contributed by atoms with Crippen molar-refractivity contribution in [1.29, 1.82) is 0 Å². The van der Waals surface area contributed by atoms with Gasteiger partial charge in [0.15, 0.2) is 0 Å². The summed E-state index contributed by atoms with van der Waals surface area (Å²) in [5, 5.41) is 2.87. The molecule has 0 radical (unpaired) electrons. The predicted octanol–water partition coefficient (Wildman–Crippen LogP) is 2.31. The SMILES string of the molecule is O=C(Nc1ccc(N2CCN(c3ncc(Br)cn3)CC2)cn1)C1CC1. The molecule has 0 bridgehead atoms. The number of halogens is 1. The van der Waals surface area contributed by atoms with Gasteiger partial charge in [0.1, 0.15) is 5.82 Å². The fourth-order valence-corrected chi connectivity index (χ4v) is 3.06. The van der Waals surface area contributed by atoms with Crippen molar-refractivity contribution in [2.24, 2.45) is 5.92 Å². The molecular formula is C17H19BrN6O. The fourth-order valence-electron chi connectivity index (χ4n) is 2.85. The average Bonchev–Trinajstić information content (AvgIpc) is 3.49. The molecule has 0 atom stereocenters. The van der Waals surface area contributed by atoms with E-state index in [1.54, 1.807) is 12.4 Å². The van der Waals surface area contributed by atoms with Gasteiger partial charge in [0.25, 0.3) is 0 Å². The summed E-state index contributed by atoms with van der Waals surface area (Å²) in [6.45, 7) is 3.49. The average molecular weight is 403 g/mol. The zero-order valence-corrected chi connectivity index (χ0v) is 15.3. The van der Waals surface area contributed by atoms with Gasteiger partial charge in [-0.05, 0) is 40.9 Å². The Kier molecular flexibility index (Phi) is 4.52. The van der Waals surface area contributed by atoms with Crippen LogP contribution in [-0.2, 0) is 4.79 Å². The predicted molar refractivity (Wildman–Crippen MR) is 99.7 cm³/mol. The zero-order chi connectivity index (χ0) is 17.2. The molecule has 0 aromatic carbocycles. The first kappa shape index (κ1) is 16.3. The van der Waals surface area contributed by atoms with Crippen LogP contribution in [0, 0.1) is 5.92 Å². The Hall–Kier alpha value is -2.22. The van der Waals surface area contributed by atoms with Gasteiger partial charge in [-0.1, -0.05) is 0 Å². The van der Waals surface area contributed by atoms with Gasteiger partial charge in [-0.3, -0.25) is 4.79 Å². The van der Waals surface area contributed by atoms with Crippen molar-refractivity contribution in [2.45, 2.75) is 12.8 Å². The van der Waals surface area contributed by atoms with Gasteiger partial charge in [0.05, 0.1) is 16.4 Å². The second-order valence-electron chi connectivity index (χ2n) is 6.34. The summed E-state index contributed by atoms with van der Waals surface area (Å²) in [6.07, 6.45) is 7.36. The zero-order valence-electron chi connectivity index (χ0n) is 13.7. The third kappa shape index (κ3) is 3.89. The highest BCUT2D eigenvalue weighted by Gasteiger charge is 2.29. The molecule has 0 spiro atoms. The van der Waals surface area contributed by atoms with Crippen molar-refractivity contribution in [3.05, 3.63) is 35.2 Å². The van der Waals surface area contributed by atoms with E-state index in [1.165, 1.54) is 0 Å². The van der Waals surface area contributed by atoms with Crippen LogP contribution < -0.4 is 15.1 Å². The molecule has 2 fully saturated rings. The van der Waals surface area contributed by atoms with Crippen LogP contribution in [0.3, 0.4) is 0 Å². The summed E-state index contributed by atoms with van der Waals surface area (Å²) < 4.78 is 0.884. The van der Waals surface area contributed by atoms with Crippen LogP contribution in [0.4, 0.5) is 17.5 Å². The number of nitrogens with one attached hydrogen (secondary N) is 1. The molecule has 130 valence electrons. The summed E-state index contributed by atoms with van der Waals surface area (Å²) in [5.41, 5.74) is 1.07. The standard InChI is InChI=1S/C17H19BrN6O/c18-13-9-20-17(21-10-13)24-7-5-23(6-8-24)14-3-4-15(19-11-14)22-16(25)12-1-2-12/h3-4,9-12H,1-2,5-8H2,(H,19,22,25). The molecule has 3 heterocycles. The van der Waals surface area contributed by atoms with E-state index in [-0.39, 0.29) is 11.8 Å². The Labute approximate surface area is 154 Å². The van der Waals surface area contributed by atoms with E-state index in [0.29, 0.717) is 5.82 Å². The lowest BCUT2D eigenvalue weighted by molar-refractivity contribution is -0.117. The molecule has 4 rings (SSSR count). The number of hydrogen-bond acceptors (Lipinski definition) is 6. The molecule has 2 aliphatic rings. The molecule has 1 aliphatic carbocycles. The van der Waals surface area contributed by atoms with Gasteiger partial charge in [0, 0.05) is 44.5 Å². The first-order valence-corrected chi connectivity index (χ1v) is 9.23. The summed E-state index contributed by atoms with van der Waals surface area (Å²) in [7, 11) is 0. The molecule has 1 saturated carbocycles. The minimum Gasteiger partial charge on any atom is -0.367 e. The summed E-state index contributed by atoms with van der Waals surface area (Å²) in [4.78, 5) is 29.3. The Morgan fingerprint density at radius 3 is 2.28 bits per heavy atom. The van der Waals surface area contributed by atoms with E-state index >= 15 is 0 Å². The highest BCUT2D eigenvalue weighted by Crippen LogP contribution is 2.30. The van der Waals surface area contributed by atoms with Crippen molar-refractivity contribution >= 4 is 39.3 Å². The molecule has 0 unspecified atom stereocenters. The highest BCUT2D eigenvalue weighted by molar-refractivity contribution is 9.10. The van der Waals surface area contributed by atoms with Crippen LogP contribution in [0.5, 0.6) is 0 Å². The van der Waals surface area contributed by atoms with Crippen molar-refractivity contribution in [3.63, 3.8) is 0 Å². The number of aromatic nitrogens is 3. The smallest absolute Gasteiger partial charge is 0.228 e. The van der Waals surface area contributed by atoms with Crippen LogP contribution >= 0.6 is 15.9 Å². The Morgan fingerprint density at radius 2 is 1.68 bits per heavy atom. The molecule has 2 aromatic heterocycles. The number of carbonyl (C=O) groups excluding carboxylic acids is 1. The Bertz CT molecular complexity index is 739. The van der Waals surface area contributed by atoms with Crippen LogP contribution in [0.2, 0.25) is 0 Å². The first-order valence-electron chi connectivity index (χ1n) is 8.43. The molecule has 7 nitrogen and oxygen atoms in total. The summed E-state index contributed by atoms with van der Waals surface area (Å²) in [6, 6.07) is 3.89. The van der Waals surface area contributed by atoms with Gasteiger partial charge in [0.2, 0.25) is 11.9 Å². The number of anilines is 3. The number of pyridine rings is 1. The maximum Gasteiger partial charge on any atom is 0.228 e. The number of nitrogens with zero attached hydrogens (tertiary/aromatic N) is 5. The molecule has 2 aromatic rings. The van der Waals surface area contributed by atoms with E-state index in [4.69, 9.17) is 0 Å². The van der Waals surface area contributed by atoms with Gasteiger partial charge in [-0.15, -0.1) is 0 Å². The molecular weight excluding hydrogens is 384 g/mol. The van der Waals surface area contributed by atoms with Gasteiger partial charge < -0.3 is 15.1 Å². The second-order valence-corrected chi connectivity index (χ2v) is 7.26. The minimum atomic E-state index is 0.0864. The van der Waals surface area contributed by atoms with Crippen LogP contribution in [0.1, 0.15) is 12.8 Å². The van der Waals surface area contributed by atoms with Crippen molar-refractivity contribution in [1.82, 2.24) is 15.0 Å². The largest absolute Gasteiger partial charge is 0.367 e. The van der Waals surface area contributed by atoms with Crippen molar-refractivity contribution < 1.29 is 4.79 Å². The summed E-state index contributed by atoms with van der Waals surface area (Å²) >= 11 is 3.36. The first-order chi connectivity index (χ1) is 12.2. The lowest BCUT2D eigenvalue weighted by atomic mass is 10.2. The maximum atomic E-state index is 11.8. The third-order valence-electron chi connectivity index (χ3n) is 4.48. The molecule has 1 saturated heterocycles. The number of rotatable bonds is 4. The molecule has 25 heavy (non-hydrogen) atoms. The van der Waals surface area contributed by atoms with Gasteiger partial charge >= 0.3 is 0 Å². The van der Waals surface area contributed by atoms with Crippen LogP contribution in [0.15, 0.2) is 35.2 Å². The minimum absolute atomic E-state index is 0.0864. The molecule has 8 heteroatoms. The maximum absolute atomic E-state index is 11.8. The number of piperazine rings is 1. The lowest BCUT2D eigenvalue weighted by Gasteiger charge is -2.35.